The number of benzene rings is 9. The fourth-order valence-electron chi connectivity index (χ4n) is 12.2. The summed E-state index contributed by atoms with van der Waals surface area (Å²) in [5.74, 6) is -1.57. The van der Waals surface area contributed by atoms with Gasteiger partial charge in [0.15, 0.2) is 19.8 Å². The molecule has 0 unspecified atom stereocenters. The number of hydrogen-bond donors (Lipinski definition) is 6. The first kappa shape index (κ1) is 75.8. The normalized spacial score (nSPS) is 16.2. The number of ether oxygens (including phenoxy) is 5. The second-order valence-electron chi connectivity index (χ2n) is 23.8. The smallest absolute Gasteiger partial charge is 0.341 e. The van der Waals surface area contributed by atoms with Crippen molar-refractivity contribution in [2.24, 2.45) is 0 Å². The first-order valence-corrected chi connectivity index (χ1v) is 32.3. The number of amides is 2. The number of carboxylic acid groups (broad SMARTS) is 2. The van der Waals surface area contributed by atoms with Crippen molar-refractivity contribution in [3.63, 3.8) is 0 Å². The van der Waals surface area contributed by atoms with Gasteiger partial charge in [0.25, 0.3) is 11.8 Å². The number of likely N-dealkylation sites (tertiary alicyclic amines) is 2. The predicted molar refractivity (Wildman–Crippen MR) is 385 cm³/mol. The first-order valence-electron chi connectivity index (χ1n) is 32.3. The number of nitrogens with one attached hydrogen (secondary N) is 4. The summed E-state index contributed by atoms with van der Waals surface area (Å²) in [4.78, 5) is 72.5. The molecule has 516 valence electrons. The SMILES string of the molecule is COC(=O)c1ccc(OCC(=O)N2CC[C@H](N[C@H](C)c3cccc4ccccc34)C2)cc1.COC(=O)c1ccc(OCC(=O)O)cc1.C[C@@H](N[C@H]1CCN(C(=O)COc2ccc(C(=O)O)cc2)C1)c1cccc2ccccc12.C[C@@H](N[C@H]1CCNC1)c1cccc2ccccc12.Cl.Cl. The van der Waals surface area contributed by atoms with Crippen molar-refractivity contribution in [1.82, 2.24) is 31.1 Å². The van der Waals surface area contributed by atoms with E-state index < -0.39 is 30.5 Å². The van der Waals surface area contributed by atoms with Crippen LogP contribution >= 0.6 is 24.8 Å². The van der Waals surface area contributed by atoms with Gasteiger partial charge in [-0.2, -0.15) is 0 Å². The minimum atomic E-state index is -1.05. The van der Waals surface area contributed by atoms with Gasteiger partial charge in [-0.25, -0.2) is 19.2 Å². The molecule has 98 heavy (non-hydrogen) atoms. The number of carbonyl (C=O) groups excluding carboxylic acids is 4. The second kappa shape index (κ2) is 37.8. The Labute approximate surface area is 583 Å². The average Bonchev–Trinajstić information content (AvgIpc) is 1.07. The van der Waals surface area contributed by atoms with Gasteiger partial charge < -0.3 is 65.0 Å². The van der Waals surface area contributed by atoms with Crippen LogP contribution in [0.2, 0.25) is 0 Å². The minimum Gasteiger partial charge on any atom is -0.484 e. The molecule has 3 aliphatic heterocycles. The monoisotopic (exact) mass is 1370 g/mol. The molecule has 0 radical (unpaired) electrons. The molecule has 0 aromatic heterocycles. The van der Waals surface area contributed by atoms with E-state index in [2.05, 4.69) is 173 Å². The van der Waals surface area contributed by atoms with Crippen molar-refractivity contribution < 1.29 is 62.7 Å². The molecule has 19 nitrogen and oxygen atoms in total. The van der Waals surface area contributed by atoms with Crippen molar-refractivity contribution in [3.8, 4) is 17.2 Å². The molecular formula is C77H86Cl2N6O13. The number of nitrogens with zero attached hydrogens (tertiary/aromatic N) is 2. The number of hydrogen-bond acceptors (Lipinski definition) is 15. The number of carboxylic acids is 2. The Morgan fingerprint density at radius 2 is 0.776 bits per heavy atom. The van der Waals surface area contributed by atoms with Gasteiger partial charge in [0.2, 0.25) is 0 Å². The molecule has 3 saturated heterocycles. The van der Waals surface area contributed by atoms with Gasteiger partial charge in [0, 0.05) is 69.0 Å². The van der Waals surface area contributed by atoms with Crippen LogP contribution in [0.25, 0.3) is 32.3 Å². The third-order valence-corrected chi connectivity index (χ3v) is 17.2. The number of esters is 2. The van der Waals surface area contributed by atoms with Gasteiger partial charge in [0.1, 0.15) is 17.2 Å². The van der Waals surface area contributed by atoms with Crippen molar-refractivity contribution >= 4 is 92.8 Å². The number of halogens is 2. The van der Waals surface area contributed by atoms with Gasteiger partial charge in [0.05, 0.1) is 30.9 Å². The molecule has 21 heteroatoms. The number of aromatic carboxylic acids is 1. The van der Waals surface area contributed by atoms with Gasteiger partial charge in [-0.3, -0.25) is 9.59 Å². The molecule has 12 rings (SSSR count). The Balaban J connectivity index is 0.000000191. The highest BCUT2D eigenvalue weighted by Crippen LogP contribution is 2.29. The van der Waals surface area contributed by atoms with Crippen LogP contribution in [-0.4, -0.2) is 147 Å². The quantitative estimate of drug-likeness (QED) is 0.0366. The third-order valence-electron chi connectivity index (χ3n) is 17.2. The van der Waals surface area contributed by atoms with Crippen LogP contribution in [0, 0.1) is 0 Å². The molecule has 9 aromatic carbocycles. The van der Waals surface area contributed by atoms with E-state index in [9.17, 15) is 28.8 Å². The van der Waals surface area contributed by atoms with E-state index in [-0.39, 0.29) is 79.6 Å². The summed E-state index contributed by atoms with van der Waals surface area (Å²) in [7, 11) is 2.63. The lowest BCUT2D eigenvalue weighted by molar-refractivity contribution is -0.139. The summed E-state index contributed by atoms with van der Waals surface area (Å²) in [5.41, 5.74) is 4.95. The van der Waals surface area contributed by atoms with Gasteiger partial charge >= 0.3 is 23.9 Å². The molecule has 0 aliphatic carbocycles. The van der Waals surface area contributed by atoms with Crippen molar-refractivity contribution in [3.05, 3.63) is 234 Å². The lowest BCUT2D eigenvalue weighted by Gasteiger charge is -2.22. The minimum absolute atomic E-state index is 0. The van der Waals surface area contributed by atoms with E-state index in [4.69, 9.17) is 24.4 Å². The van der Waals surface area contributed by atoms with Crippen molar-refractivity contribution in [2.45, 2.75) is 76.3 Å². The number of fused-ring (bicyclic) bond motifs is 3. The number of rotatable bonds is 21. The zero-order chi connectivity index (χ0) is 67.9. The Bertz CT molecular complexity index is 4070. The maximum atomic E-state index is 12.6. The Morgan fingerprint density at radius 1 is 0.439 bits per heavy atom. The highest BCUT2D eigenvalue weighted by molar-refractivity contribution is 5.91. The van der Waals surface area contributed by atoms with Gasteiger partial charge in [-0.15, -0.1) is 24.8 Å². The van der Waals surface area contributed by atoms with E-state index >= 15 is 0 Å². The standard InChI is InChI=1S/C26H28N2O4.C25H26N2O4.C16H20N2.C10H10O5.2ClH/c1-18(23-9-5-7-19-6-3-4-8-24(19)23)27-21-14-15-28(16-21)25(29)17-32-22-12-10-20(11-13-22)26(30)31-2;1-17(22-8-4-6-18-5-2-3-7-23(18)22)26-20-13-14-27(15-20)24(28)16-31-21-11-9-19(10-12-21)25(29)30;1-12(18-14-9-10-17-11-14)15-8-4-6-13-5-2-3-7-16(13)15;1-14-10(13)7-2-4-8(5-3-7)15-6-9(11)12;;/h3-13,18,21,27H,14-17H2,1-2H3;2-12,17,20,26H,13-16H2,1H3,(H,29,30);2-8,12,14,17-18H,9-11H2,1H3;2-5H,6H2,1H3,(H,11,12);2*1H/t18-,21+;17-,20+;12-,14+;;;/m111.../s1. The predicted octanol–water partition coefficient (Wildman–Crippen LogP) is 12.5. The van der Waals surface area contributed by atoms with Crippen LogP contribution in [0.1, 0.15) is 106 Å². The maximum absolute atomic E-state index is 12.6. The van der Waals surface area contributed by atoms with Crippen molar-refractivity contribution in [2.75, 3.05) is 73.3 Å². The van der Waals surface area contributed by atoms with Crippen LogP contribution < -0.4 is 35.5 Å². The first-order chi connectivity index (χ1) is 46.5. The van der Waals surface area contributed by atoms with Crippen molar-refractivity contribution in [1.29, 1.82) is 0 Å². The molecule has 3 heterocycles. The van der Waals surface area contributed by atoms with E-state index in [1.54, 1.807) is 36.4 Å². The largest absolute Gasteiger partial charge is 0.484 e. The highest BCUT2D eigenvalue weighted by Gasteiger charge is 2.30. The Kier molecular flexibility index (Phi) is 29.2. The van der Waals surface area contributed by atoms with Gasteiger partial charge in [-0.1, -0.05) is 127 Å². The molecule has 9 aromatic rings. The maximum Gasteiger partial charge on any atom is 0.341 e. The van der Waals surface area contributed by atoms with E-state index in [0.717, 1.165) is 25.9 Å². The van der Waals surface area contributed by atoms with E-state index in [0.29, 0.717) is 66.6 Å². The second-order valence-corrected chi connectivity index (χ2v) is 23.8. The Hall–Kier alpha value is -9.60. The fourth-order valence-corrected chi connectivity index (χ4v) is 12.2. The molecule has 2 amide bonds. The molecule has 0 saturated carbocycles. The fraction of sp³-hybridized carbons (Fsp3) is 0.299. The molecule has 3 aliphatic rings. The molecule has 0 bridgehead atoms. The molecule has 3 fully saturated rings. The van der Waals surface area contributed by atoms with E-state index in [1.165, 1.54) is 106 Å². The topological polar surface area (TPSA) is 244 Å². The number of methoxy groups -OCH3 is 2. The molecular weight excluding hydrogens is 1290 g/mol. The summed E-state index contributed by atoms with van der Waals surface area (Å²) in [5, 5.41) is 39.5. The summed E-state index contributed by atoms with van der Waals surface area (Å²) in [6.45, 7) is 11.1. The third kappa shape index (κ3) is 21.4. The molecule has 0 spiro atoms. The average molecular weight is 1370 g/mol. The van der Waals surface area contributed by atoms with E-state index in [1.807, 2.05) is 15.9 Å². The zero-order valence-corrected chi connectivity index (χ0v) is 57.2. The summed E-state index contributed by atoms with van der Waals surface area (Å²) in [6.07, 6.45) is 3.04. The van der Waals surface area contributed by atoms with Crippen LogP contribution in [0.3, 0.4) is 0 Å². The Morgan fingerprint density at radius 3 is 1.11 bits per heavy atom. The lowest BCUT2D eigenvalue weighted by Crippen LogP contribution is -2.38. The van der Waals surface area contributed by atoms with Crippen LogP contribution in [0.15, 0.2) is 200 Å². The number of aliphatic carboxylic acids is 1. The van der Waals surface area contributed by atoms with Gasteiger partial charge in [-0.05, 0) is 168 Å². The molecule has 6 N–H and O–H groups in total. The zero-order valence-electron chi connectivity index (χ0n) is 55.6. The lowest BCUT2D eigenvalue weighted by atomic mass is 9.99. The summed E-state index contributed by atoms with van der Waals surface area (Å²) in [6, 6.07) is 65.2. The number of carbonyl (C=O) groups is 6. The van der Waals surface area contributed by atoms with Crippen LogP contribution in [-0.2, 0) is 23.9 Å². The summed E-state index contributed by atoms with van der Waals surface area (Å²) >= 11 is 0. The van der Waals surface area contributed by atoms with Crippen LogP contribution in [0.5, 0.6) is 17.2 Å². The summed E-state index contributed by atoms with van der Waals surface area (Å²) < 4.78 is 25.2. The van der Waals surface area contributed by atoms with Crippen LogP contribution in [0.4, 0.5) is 0 Å². The molecule has 6 atom stereocenters. The highest BCUT2D eigenvalue weighted by atomic mass is 35.5.